The number of nitrogens with one attached hydrogen (secondary N) is 1. The second-order valence-corrected chi connectivity index (χ2v) is 7.98. The van der Waals surface area contributed by atoms with Gasteiger partial charge in [-0.1, -0.05) is 12.8 Å². The number of carbonyl (C=O) groups is 1. The Morgan fingerprint density at radius 1 is 1.38 bits per heavy atom. The van der Waals surface area contributed by atoms with Crippen molar-refractivity contribution in [1.29, 1.82) is 0 Å². The Morgan fingerprint density at radius 2 is 2.14 bits per heavy atom. The van der Waals surface area contributed by atoms with Crippen molar-refractivity contribution in [1.82, 2.24) is 10.3 Å². The molecule has 1 saturated carbocycles. The van der Waals surface area contributed by atoms with Gasteiger partial charge in [-0.05, 0) is 37.5 Å². The summed E-state index contributed by atoms with van der Waals surface area (Å²) in [5.74, 6) is 0.0455. The largest absolute Gasteiger partial charge is 0.339 e. The van der Waals surface area contributed by atoms with Gasteiger partial charge in [-0.15, -0.1) is 34.4 Å². The second kappa shape index (κ2) is 6.10. The van der Waals surface area contributed by atoms with Crippen LogP contribution in [-0.4, -0.2) is 17.1 Å². The topological polar surface area (TPSA) is 42.0 Å². The van der Waals surface area contributed by atoms with Crippen molar-refractivity contribution in [3.05, 3.63) is 32.4 Å². The molecule has 112 valence electrons. The molecule has 1 N–H and O–H groups in total. The van der Waals surface area contributed by atoms with Crippen LogP contribution in [0.3, 0.4) is 0 Å². The number of rotatable bonds is 4. The number of thiazole rings is 1. The van der Waals surface area contributed by atoms with Gasteiger partial charge in [-0.2, -0.15) is 0 Å². The van der Waals surface area contributed by atoms with Gasteiger partial charge in [0.05, 0.1) is 5.54 Å². The third-order valence-corrected chi connectivity index (χ3v) is 6.88. The number of amides is 1. The van der Waals surface area contributed by atoms with Crippen molar-refractivity contribution in [2.45, 2.75) is 43.0 Å². The summed E-state index contributed by atoms with van der Waals surface area (Å²) in [6, 6.07) is 2.01. The molecule has 0 spiro atoms. The monoisotopic (exact) mass is 338 g/mol. The molecule has 2 heterocycles. The van der Waals surface area contributed by atoms with Gasteiger partial charge in [-0.3, -0.25) is 4.79 Å². The van der Waals surface area contributed by atoms with E-state index in [1.54, 1.807) is 23.1 Å². The van der Waals surface area contributed by atoms with E-state index in [9.17, 15) is 4.79 Å². The Morgan fingerprint density at radius 3 is 2.76 bits per heavy atom. The van der Waals surface area contributed by atoms with E-state index in [0.29, 0.717) is 0 Å². The van der Waals surface area contributed by atoms with Gasteiger partial charge in [0, 0.05) is 16.0 Å². The second-order valence-electron chi connectivity index (χ2n) is 5.36. The fraction of sp³-hybridized carbons (Fsp3) is 0.467. The Hall–Kier alpha value is -0.850. The van der Waals surface area contributed by atoms with E-state index < -0.39 is 0 Å². The van der Waals surface area contributed by atoms with E-state index in [1.165, 1.54) is 11.3 Å². The van der Waals surface area contributed by atoms with Crippen LogP contribution in [-0.2, 0) is 5.54 Å². The lowest BCUT2D eigenvalue weighted by Gasteiger charge is -2.28. The minimum Gasteiger partial charge on any atom is -0.339 e. The fourth-order valence-corrected chi connectivity index (χ4v) is 5.50. The zero-order valence-corrected chi connectivity index (χ0v) is 14.6. The molecule has 0 aromatic carbocycles. The number of nitrogens with zero attached hydrogens (tertiary/aromatic N) is 1. The van der Waals surface area contributed by atoms with Crippen LogP contribution < -0.4 is 5.32 Å². The third kappa shape index (κ3) is 2.89. The van der Waals surface area contributed by atoms with E-state index >= 15 is 0 Å². The summed E-state index contributed by atoms with van der Waals surface area (Å²) >= 11 is 4.81. The number of aromatic nitrogens is 1. The number of thioether (sulfide) groups is 1. The van der Waals surface area contributed by atoms with Crippen molar-refractivity contribution < 1.29 is 4.79 Å². The molecule has 1 fully saturated rings. The number of thiophene rings is 1. The average molecular weight is 339 g/mol. The van der Waals surface area contributed by atoms with Gasteiger partial charge in [0.1, 0.15) is 9.88 Å². The number of hydrogen-bond acceptors (Lipinski definition) is 5. The number of carbonyl (C=O) groups excluding carboxylic acids is 1. The molecule has 2 aromatic heterocycles. The zero-order chi connectivity index (χ0) is 14.9. The highest BCUT2D eigenvalue weighted by atomic mass is 32.2. The van der Waals surface area contributed by atoms with Gasteiger partial charge in [0.2, 0.25) is 0 Å². The maximum Gasteiger partial charge on any atom is 0.263 e. The van der Waals surface area contributed by atoms with Crippen LogP contribution in [0.15, 0.2) is 21.7 Å². The Labute approximate surface area is 137 Å². The molecule has 1 amide bonds. The van der Waals surface area contributed by atoms with Crippen LogP contribution in [0.1, 0.15) is 46.1 Å². The molecule has 3 rings (SSSR count). The first-order chi connectivity index (χ1) is 10.1. The smallest absolute Gasteiger partial charge is 0.263 e. The molecule has 0 saturated heterocycles. The SMILES string of the molecule is CSc1ccsc1C(=O)NC1(c2nc(C)cs2)CCCC1. The summed E-state index contributed by atoms with van der Waals surface area (Å²) in [5, 5.41) is 8.42. The standard InChI is InChI=1S/C15H18N2OS3/c1-10-9-21-14(16-10)15(6-3-4-7-15)17-13(18)12-11(19-2)5-8-20-12/h5,8-9H,3-4,6-7H2,1-2H3,(H,17,18). The Balaban J connectivity index is 1.88. The molecule has 2 aromatic rings. The molecule has 0 aliphatic heterocycles. The molecule has 3 nitrogen and oxygen atoms in total. The molecular weight excluding hydrogens is 320 g/mol. The highest BCUT2D eigenvalue weighted by Crippen LogP contribution is 2.40. The lowest BCUT2D eigenvalue weighted by atomic mass is 9.98. The van der Waals surface area contributed by atoms with E-state index in [1.807, 2.05) is 24.6 Å². The van der Waals surface area contributed by atoms with Crippen molar-refractivity contribution >= 4 is 40.3 Å². The molecular formula is C15H18N2OS3. The highest BCUT2D eigenvalue weighted by molar-refractivity contribution is 7.98. The Bertz CT molecular complexity index is 641. The highest BCUT2D eigenvalue weighted by Gasteiger charge is 2.40. The van der Waals surface area contributed by atoms with E-state index in [-0.39, 0.29) is 11.4 Å². The molecule has 1 aliphatic carbocycles. The predicted molar refractivity (Wildman–Crippen MR) is 90.6 cm³/mol. The summed E-state index contributed by atoms with van der Waals surface area (Å²) < 4.78 is 0. The quantitative estimate of drug-likeness (QED) is 0.838. The maximum absolute atomic E-state index is 12.7. The van der Waals surface area contributed by atoms with Gasteiger partial charge in [0.15, 0.2) is 0 Å². The van der Waals surface area contributed by atoms with Crippen molar-refractivity contribution in [3.63, 3.8) is 0 Å². The van der Waals surface area contributed by atoms with Crippen LogP contribution in [0.5, 0.6) is 0 Å². The number of aryl methyl sites for hydroxylation is 1. The van der Waals surface area contributed by atoms with Crippen molar-refractivity contribution in [3.8, 4) is 0 Å². The Kier molecular flexibility index (Phi) is 4.38. The van der Waals surface area contributed by atoms with Crippen LogP contribution >= 0.6 is 34.4 Å². The lowest BCUT2D eigenvalue weighted by molar-refractivity contribution is 0.0899. The van der Waals surface area contributed by atoms with Gasteiger partial charge in [0.25, 0.3) is 5.91 Å². The van der Waals surface area contributed by atoms with Crippen molar-refractivity contribution in [2.75, 3.05) is 6.26 Å². The van der Waals surface area contributed by atoms with Gasteiger partial charge >= 0.3 is 0 Å². The molecule has 21 heavy (non-hydrogen) atoms. The van der Waals surface area contributed by atoms with Crippen LogP contribution in [0.2, 0.25) is 0 Å². The minimum atomic E-state index is -0.254. The summed E-state index contributed by atoms with van der Waals surface area (Å²) in [4.78, 5) is 19.2. The first kappa shape index (κ1) is 15.1. The van der Waals surface area contributed by atoms with Gasteiger partial charge < -0.3 is 5.32 Å². The first-order valence-electron chi connectivity index (χ1n) is 7.01. The summed E-state index contributed by atoms with van der Waals surface area (Å²) in [6.07, 6.45) is 6.29. The lowest BCUT2D eigenvalue weighted by Crippen LogP contribution is -2.43. The first-order valence-corrected chi connectivity index (χ1v) is 10.00. The molecule has 1 aliphatic rings. The normalized spacial score (nSPS) is 17.0. The van der Waals surface area contributed by atoms with Crippen molar-refractivity contribution in [2.24, 2.45) is 0 Å². The molecule has 0 radical (unpaired) electrons. The predicted octanol–water partition coefficient (Wildman–Crippen LogP) is 4.43. The van der Waals surface area contributed by atoms with E-state index in [0.717, 1.165) is 46.2 Å². The molecule has 6 heteroatoms. The van der Waals surface area contributed by atoms with Crippen LogP contribution in [0.25, 0.3) is 0 Å². The maximum atomic E-state index is 12.7. The van der Waals surface area contributed by atoms with Crippen LogP contribution in [0, 0.1) is 6.92 Å². The van der Waals surface area contributed by atoms with E-state index in [2.05, 4.69) is 15.7 Å². The third-order valence-electron chi connectivity index (χ3n) is 3.89. The summed E-state index contributed by atoms with van der Waals surface area (Å²) in [7, 11) is 0. The summed E-state index contributed by atoms with van der Waals surface area (Å²) in [5.41, 5.74) is 0.784. The fourth-order valence-electron chi connectivity index (χ4n) is 2.84. The van der Waals surface area contributed by atoms with Crippen LogP contribution in [0.4, 0.5) is 0 Å². The van der Waals surface area contributed by atoms with Gasteiger partial charge in [-0.25, -0.2) is 4.98 Å². The number of hydrogen-bond donors (Lipinski definition) is 1. The summed E-state index contributed by atoms with van der Waals surface area (Å²) in [6.45, 7) is 2.01. The molecule has 0 bridgehead atoms. The molecule has 0 unspecified atom stereocenters. The molecule has 0 atom stereocenters. The zero-order valence-electron chi connectivity index (χ0n) is 12.1. The minimum absolute atomic E-state index is 0.0455. The van der Waals surface area contributed by atoms with E-state index in [4.69, 9.17) is 0 Å². The average Bonchev–Trinajstić information content (AvgIpc) is 3.17.